The summed E-state index contributed by atoms with van der Waals surface area (Å²) in [6, 6.07) is 11.7. The highest BCUT2D eigenvalue weighted by molar-refractivity contribution is 5.77. The number of aromatic hydroxyl groups is 1. The van der Waals surface area contributed by atoms with Crippen molar-refractivity contribution < 1.29 is 36.1 Å². The second-order valence-corrected chi connectivity index (χ2v) is 10.4. The minimum atomic E-state index is 0. The first-order valence-corrected chi connectivity index (χ1v) is 13.6. The van der Waals surface area contributed by atoms with Crippen molar-refractivity contribution in [1.82, 2.24) is 4.90 Å². The van der Waals surface area contributed by atoms with Crippen LogP contribution in [0.5, 0.6) is 11.5 Å². The number of halogens is 1. The molecule has 0 aliphatic heterocycles. The summed E-state index contributed by atoms with van der Waals surface area (Å²) in [6.45, 7) is 15.3. The van der Waals surface area contributed by atoms with E-state index in [1.54, 1.807) is 6.07 Å². The van der Waals surface area contributed by atoms with Crippen molar-refractivity contribution >= 4 is 5.91 Å². The fourth-order valence-electron chi connectivity index (χ4n) is 4.31. The van der Waals surface area contributed by atoms with Crippen LogP contribution in [0.4, 0.5) is 0 Å². The molecule has 0 bridgehead atoms. The van der Waals surface area contributed by atoms with Crippen LogP contribution in [0.25, 0.3) is 11.1 Å². The van der Waals surface area contributed by atoms with Crippen LogP contribution in [0.15, 0.2) is 61.7 Å². The maximum Gasteiger partial charge on any atom is 0.277 e. The van der Waals surface area contributed by atoms with Crippen molar-refractivity contribution in [2.24, 2.45) is 0 Å². The molecule has 0 aliphatic carbocycles. The summed E-state index contributed by atoms with van der Waals surface area (Å²) >= 11 is 0. The third-order valence-corrected chi connectivity index (χ3v) is 6.59. The number of phenolic OH excluding ortho intramolecular Hbond substituents is 1. The predicted octanol–water partition coefficient (Wildman–Crippen LogP) is 3.40. The Bertz CT molecular complexity index is 1030. The molecule has 0 heterocycles. The molecule has 210 valence electrons. The number of allylic oxidation sites excluding steroid dienone is 2. The molecule has 0 spiro atoms. The van der Waals surface area contributed by atoms with Gasteiger partial charge in [0.15, 0.2) is 6.54 Å². The molecule has 0 fully saturated rings. The Morgan fingerprint density at radius 1 is 0.947 bits per heavy atom. The van der Waals surface area contributed by atoms with E-state index in [-0.39, 0.29) is 28.6 Å². The third-order valence-electron chi connectivity index (χ3n) is 6.59. The molecule has 0 atom stereocenters. The largest absolute Gasteiger partial charge is 1.00 e. The monoisotopic (exact) mass is 586 g/mol. The Hall–Kier alpha value is -2.57. The molecule has 6 heteroatoms. The van der Waals surface area contributed by atoms with Crippen molar-refractivity contribution in [2.45, 2.75) is 52.4 Å². The van der Waals surface area contributed by atoms with Crippen molar-refractivity contribution in [2.75, 3.05) is 46.9 Å². The standard InChI is InChI=1S/C32H46N2O3.BrH/c1-7-11-19-33(20-12-8-2)32(36)25-34(5,6)21-22-37-31-18-16-27(14-10-4)24-29(31)28-23-26(13-9-3)15-17-30(28)35;/h9-10,15-18,23-24H,3-4,7-8,11-14,19-22,25H2,1-2,5-6H3;1H. The Morgan fingerprint density at radius 2 is 1.50 bits per heavy atom. The molecule has 1 amide bonds. The van der Waals surface area contributed by atoms with Crippen LogP contribution in [0.1, 0.15) is 50.7 Å². The molecule has 38 heavy (non-hydrogen) atoms. The normalized spacial score (nSPS) is 10.9. The lowest BCUT2D eigenvalue weighted by atomic mass is 9.97. The van der Waals surface area contributed by atoms with Gasteiger partial charge in [-0.1, -0.05) is 51.0 Å². The number of carbonyl (C=O) groups excluding carboxylic acids is 1. The number of amides is 1. The third kappa shape index (κ3) is 10.7. The average Bonchev–Trinajstić information content (AvgIpc) is 2.86. The van der Waals surface area contributed by atoms with Gasteiger partial charge in [0.05, 0.1) is 14.1 Å². The molecule has 0 aromatic heterocycles. The quantitative estimate of drug-likeness (QED) is 0.228. The number of carbonyl (C=O) groups is 1. The van der Waals surface area contributed by atoms with Crippen LogP contribution in [0.2, 0.25) is 0 Å². The second-order valence-electron chi connectivity index (χ2n) is 10.4. The number of benzene rings is 2. The summed E-state index contributed by atoms with van der Waals surface area (Å²) in [7, 11) is 4.16. The van der Waals surface area contributed by atoms with Gasteiger partial charge in [0.25, 0.3) is 5.91 Å². The van der Waals surface area contributed by atoms with Gasteiger partial charge < -0.3 is 36.2 Å². The lowest BCUT2D eigenvalue weighted by Crippen LogP contribution is -3.00. The first-order valence-electron chi connectivity index (χ1n) is 13.6. The number of rotatable bonds is 17. The predicted molar refractivity (Wildman–Crippen MR) is 155 cm³/mol. The van der Waals surface area contributed by atoms with E-state index in [0.717, 1.165) is 79.6 Å². The maximum atomic E-state index is 13.1. The first-order chi connectivity index (χ1) is 17.7. The molecule has 1 N–H and O–H groups in total. The highest BCUT2D eigenvalue weighted by Crippen LogP contribution is 2.37. The molecule has 0 unspecified atom stereocenters. The number of nitrogens with zero attached hydrogens (tertiary/aromatic N) is 2. The molecule has 2 rings (SSSR count). The molecule has 5 nitrogen and oxygen atoms in total. The van der Waals surface area contributed by atoms with E-state index in [9.17, 15) is 9.90 Å². The lowest BCUT2D eigenvalue weighted by molar-refractivity contribution is -0.882. The van der Waals surface area contributed by atoms with E-state index in [0.29, 0.717) is 24.2 Å². The molecular formula is C32H47BrN2O3. The van der Waals surface area contributed by atoms with E-state index in [1.165, 1.54) is 0 Å². The highest BCUT2D eigenvalue weighted by atomic mass is 79.9. The van der Waals surface area contributed by atoms with Gasteiger partial charge in [-0.2, -0.15) is 0 Å². The summed E-state index contributed by atoms with van der Waals surface area (Å²) in [6.07, 6.45) is 9.44. The molecule has 0 aliphatic rings. The van der Waals surface area contributed by atoms with Gasteiger partial charge in [-0.15, -0.1) is 13.2 Å². The summed E-state index contributed by atoms with van der Waals surface area (Å²) in [5.41, 5.74) is 3.78. The molecule has 0 radical (unpaired) electrons. The maximum absolute atomic E-state index is 13.1. The number of hydrogen-bond donors (Lipinski definition) is 1. The Kier molecular flexibility index (Phi) is 15.1. The summed E-state index contributed by atoms with van der Waals surface area (Å²) in [4.78, 5) is 15.1. The minimum Gasteiger partial charge on any atom is -1.00 e. The first kappa shape index (κ1) is 33.5. The number of hydrogen-bond acceptors (Lipinski definition) is 3. The number of ether oxygens (including phenoxy) is 1. The van der Waals surface area contributed by atoms with Crippen LogP contribution in [-0.2, 0) is 17.6 Å². The highest BCUT2D eigenvalue weighted by Gasteiger charge is 2.24. The topological polar surface area (TPSA) is 49.8 Å². The smallest absolute Gasteiger partial charge is 0.277 e. The zero-order valence-electron chi connectivity index (χ0n) is 23.8. The summed E-state index contributed by atoms with van der Waals surface area (Å²) in [5, 5.41) is 10.7. The Morgan fingerprint density at radius 3 is 2.05 bits per heavy atom. The van der Waals surface area contributed by atoms with Gasteiger partial charge in [-0.25, -0.2) is 0 Å². The van der Waals surface area contributed by atoms with Crippen LogP contribution >= 0.6 is 0 Å². The van der Waals surface area contributed by atoms with E-state index in [2.05, 4.69) is 47.2 Å². The molecule has 0 saturated carbocycles. The SMILES string of the molecule is C=CCc1ccc(O)c(-c2cc(CC=C)ccc2OCC[N+](C)(C)CC(=O)N(CCCC)CCCC)c1.[Br-]. The van der Waals surface area contributed by atoms with Gasteiger partial charge in [0, 0.05) is 24.2 Å². The van der Waals surface area contributed by atoms with E-state index < -0.39 is 0 Å². The van der Waals surface area contributed by atoms with Crippen molar-refractivity contribution in [3.05, 3.63) is 72.8 Å². The number of likely N-dealkylation sites (N-methyl/N-ethyl adjacent to an activating group) is 1. The lowest BCUT2D eigenvalue weighted by Gasteiger charge is -2.32. The Balaban J connectivity index is 0.00000722. The van der Waals surface area contributed by atoms with Gasteiger partial charge in [0.2, 0.25) is 0 Å². The van der Waals surface area contributed by atoms with Crippen LogP contribution in [0.3, 0.4) is 0 Å². The van der Waals surface area contributed by atoms with Gasteiger partial charge in [-0.3, -0.25) is 4.79 Å². The van der Waals surface area contributed by atoms with Crippen molar-refractivity contribution in [3.63, 3.8) is 0 Å². The fraction of sp³-hybridized carbons (Fsp3) is 0.469. The average molecular weight is 588 g/mol. The molecular weight excluding hydrogens is 540 g/mol. The zero-order chi connectivity index (χ0) is 27.3. The van der Waals surface area contributed by atoms with Gasteiger partial charge in [0.1, 0.15) is 24.7 Å². The van der Waals surface area contributed by atoms with E-state index in [1.807, 2.05) is 41.3 Å². The summed E-state index contributed by atoms with van der Waals surface area (Å²) < 4.78 is 6.84. The molecule has 0 saturated heterocycles. The van der Waals surface area contributed by atoms with E-state index in [4.69, 9.17) is 4.74 Å². The second kappa shape index (κ2) is 17.1. The van der Waals surface area contributed by atoms with Crippen LogP contribution < -0.4 is 21.7 Å². The fourth-order valence-corrected chi connectivity index (χ4v) is 4.31. The number of quaternary nitrogens is 1. The molecule has 2 aromatic rings. The van der Waals surface area contributed by atoms with Crippen LogP contribution in [0, 0.1) is 0 Å². The zero-order valence-corrected chi connectivity index (χ0v) is 25.4. The number of unbranched alkanes of at least 4 members (excludes halogenated alkanes) is 2. The van der Waals surface area contributed by atoms with E-state index >= 15 is 0 Å². The van der Waals surface area contributed by atoms with Crippen molar-refractivity contribution in [1.29, 1.82) is 0 Å². The molecule has 2 aromatic carbocycles. The number of phenols is 1. The van der Waals surface area contributed by atoms with Gasteiger partial charge >= 0.3 is 0 Å². The Labute approximate surface area is 241 Å². The van der Waals surface area contributed by atoms with Crippen LogP contribution in [-0.4, -0.2) is 67.3 Å². The summed E-state index contributed by atoms with van der Waals surface area (Å²) in [5.74, 6) is 1.15. The van der Waals surface area contributed by atoms with Crippen molar-refractivity contribution in [3.8, 4) is 22.6 Å². The minimum absolute atomic E-state index is 0. The van der Waals surface area contributed by atoms with Gasteiger partial charge in [-0.05, 0) is 61.1 Å².